The fourth-order valence-electron chi connectivity index (χ4n) is 4.90. The van der Waals surface area contributed by atoms with Gasteiger partial charge in [-0.3, -0.25) is 23.7 Å². The number of ether oxygens (including phenoxy) is 2. The van der Waals surface area contributed by atoms with Gasteiger partial charge < -0.3 is 24.2 Å². The standard InChI is InChI=1S/C26H35FN3O10P/c1-17(22(32)38-18-9-5-3-6-10-18)29-41(36,40-19-11-7-4-8-12-19)37-15-20-26(35,16-27)25(2,34)23(39-20)30-14-13-21(31)28-24(30)33/h4,7-8,11-14,17-18,20,23,34-35H,3,5-6,9-10,15-16H2,1-2H3,(H,29,36)(H,28,31,33)/t17?,20-,23-,25+,26-,41+/m1/s1. The number of halogens is 1. The van der Waals surface area contributed by atoms with Crippen LogP contribution in [0.25, 0.3) is 0 Å². The van der Waals surface area contributed by atoms with Crippen LogP contribution in [0.15, 0.2) is 52.2 Å². The third-order valence-corrected chi connectivity index (χ3v) is 9.04. The van der Waals surface area contributed by atoms with Crippen LogP contribution >= 0.6 is 7.75 Å². The first-order valence-corrected chi connectivity index (χ1v) is 14.9. The zero-order chi connectivity index (χ0) is 29.8. The first-order chi connectivity index (χ1) is 19.4. The van der Waals surface area contributed by atoms with Crippen LogP contribution in [-0.4, -0.2) is 68.5 Å². The number of hydrogen-bond donors (Lipinski definition) is 4. The van der Waals surface area contributed by atoms with E-state index in [2.05, 4.69) is 5.09 Å². The minimum atomic E-state index is -4.44. The van der Waals surface area contributed by atoms with E-state index >= 15 is 0 Å². The van der Waals surface area contributed by atoms with Crippen molar-refractivity contribution in [3.8, 4) is 5.75 Å². The van der Waals surface area contributed by atoms with E-state index in [9.17, 15) is 33.6 Å². The van der Waals surface area contributed by atoms with Gasteiger partial charge in [-0.05, 0) is 51.7 Å². The number of aromatic nitrogens is 2. The molecule has 1 aliphatic carbocycles. The molecule has 1 aliphatic heterocycles. The number of H-pyrrole nitrogens is 1. The SMILES string of the molecule is CC(N[P@](=O)(OC[C@H]1O[C@@H](n2ccc(=O)[nH]c2=O)[C@](C)(O)[C@@]1(O)CF)Oc1ccccc1)C(=O)OC1CCCCC1. The molecule has 0 radical (unpaired) electrons. The molecule has 1 aromatic carbocycles. The summed E-state index contributed by atoms with van der Waals surface area (Å²) in [6, 6.07) is 7.76. The van der Waals surface area contributed by atoms with Crippen molar-refractivity contribution in [2.75, 3.05) is 13.3 Å². The van der Waals surface area contributed by atoms with Gasteiger partial charge in [-0.1, -0.05) is 24.6 Å². The van der Waals surface area contributed by atoms with E-state index in [0.717, 1.165) is 55.9 Å². The Morgan fingerprint density at radius 3 is 2.54 bits per heavy atom. The molecule has 2 fully saturated rings. The van der Waals surface area contributed by atoms with Crippen LogP contribution in [0.2, 0.25) is 0 Å². The Morgan fingerprint density at radius 1 is 1.22 bits per heavy atom. The van der Waals surface area contributed by atoms with Crippen LogP contribution in [0.1, 0.15) is 52.2 Å². The number of esters is 1. The third kappa shape index (κ3) is 6.79. The lowest BCUT2D eigenvalue weighted by atomic mass is 9.82. The molecule has 1 aromatic heterocycles. The number of rotatable bonds is 11. The second-order valence-corrected chi connectivity index (χ2v) is 12.1. The fraction of sp³-hybridized carbons (Fsp3) is 0.577. The van der Waals surface area contributed by atoms with E-state index < -0.39 is 67.8 Å². The van der Waals surface area contributed by atoms with Gasteiger partial charge in [-0.2, -0.15) is 5.09 Å². The first kappa shape index (κ1) is 31.1. The van der Waals surface area contributed by atoms with Gasteiger partial charge in [0.1, 0.15) is 36.3 Å². The minimum absolute atomic E-state index is 0.119. The number of para-hydroxylation sites is 1. The lowest BCUT2D eigenvalue weighted by molar-refractivity contribution is -0.153. The minimum Gasteiger partial charge on any atom is -0.461 e. The molecule has 4 N–H and O–H groups in total. The molecule has 1 saturated carbocycles. The molecule has 2 aromatic rings. The highest BCUT2D eigenvalue weighted by Crippen LogP contribution is 2.49. The topological polar surface area (TPSA) is 178 Å². The van der Waals surface area contributed by atoms with Crippen LogP contribution in [0.5, 0.6) is 5.75 Å². The van der Waals surface area contributed by atoms with Gasteiger partial charge in [0, 0.05) is 12.3 Å². The number of nitrogens with zero attached hydrogens (tertiary/aromatic N) is 1. The van der Waals surface area contributed by atoms with Crippen molar-refractivity contribution < 1.29 is 42.5 Å². The predicted molar refractivity (Wildman–Crippen MR) is 143 cm³/mol. The lowest BCUT2D eigenvalue weighted by Crippen LogP contribution is -2.59. The molecule has 0 spiro atoms. The zero-order valence-electron chi connectivity index (χ0n) is 22.7. The number of carbonyl (C=O) groups is 1. The first-order valence-electron chi connectivity index (χ1n) is 13.3. The highest BCUT2D eigenvalue weighted by atomic mass is 31.2. The molecular weight excluding hydrogens is 564 g/mol. The number of nitrogens with one attached hydrogen (secondary N) is 2. The Bertz CT molecular complexity index is 1360. The molecule has 1 unspecified atom stereocenters. The highest BCUT2D eigenvalue weighted by Gasteiger charge is 2.65. The molecule has 0 bridgehead atoms. The summed E-state index contributed by atoms with van der Waals surface area (Å²) in [5.74, 6) is -0.552. The van der Waals surface area contributed by atoms with E-state index in [1.807, 2.05) is 4.98 Å². The number of aliphatic hydroxyl groups is 2. The quantitative estimate of drug-likeness (QED) is 0.219. The largest absolute Gasteiger partial charge is 0.461 e. The van der Waals surface area contributed by atoms with Gasteiger partial charge >= 0.3 is 19.4 Å². The van der Waals surface area contributed by atoms with E-state index in [-0.39, 0.29) is 11.9 Å². The Balaban J connectivity index is 1.55. The number of carbonyl (C=O) groups excluding carboxylic acids is 1. The maximum absolute atomic E-state index is 14.3. The molecule has 6 atom stereocenters. The normalized spacial score (nSPS) is 29.0. The van der Waals surface area contributed by atoms with Crippen molar-refractivity contribution in [1.82, 2.24) is 14.6 Å². The Morgan fingerprint density at radius 2 is 1.90 bits per heavy atom. The van der Waals surface area contributed by atoms with Crippen LogP contribution in [0.3, 0.4) is 0 Å². The fourth-order valence-corrected chi connectivity index (χ4v) is 6.39. The Hall–Kier alpha value is -2.87. The summed E-state index contributed by atoms with van der Waals surface area (Å²) < 4.78 is 51.4. The molecule has 2 heterocycles. The average molecular weight is 600 g/mol. The molecule has 13 nitrogen and oxygen atoms in total. The van der Waals surface area contributed by atoms with Crippen LogP contribution in [-0.2, 0) is 23.4 Å². The second-order valence-electron chi connectivity index (χ2n) is 10.4. The molecule has 41 heavy (non-hydrogen) atoms. The summed E-state index contributed by atoms with van der Waals surface area (Å²) >= 11 is 0. The second kappa shape index (κ2) is 12.6. The lowest BCUT2D eigenvalue weighted by Gasteiger charge is -2.36. The Labute approximate surface area is 235 Å². The van der Waals surface area contributed by atoms with E-state index in [1.54, 1.807) is 18.2 Å². The van der Waals surface area contributed by atoms with E-state index in [0.29, 0.717) is 0 Å². The molecule has 15 heteroatoms. The summed E-state index contributed by atoms with van der Waals surface area (Å²) in [6.45, 7) is 0.135. The number of aromatic amines is 1. The summed E-state index contributed by atoms with van der Waals surface area (Å²) in [6.07, 6.45) is 1.83. The van der Waals surface area contributed by atoms with E-state index in [1.165, 1.54) is 19.1 Å². The number of alkyl halides is 1. The molecule has 4 rings (SSSR count). The molecule has 2 aliphatic rings. The van der Waals surface area contributed by atoms with Gasteiger partial charge in [-0.25, -0.2) is 13.8 Å². The summed E-state index contributed by atoms with van der Waals surface area (Å²) in [7, 11) is -4.44. The molecule has 0 amide bonds. The van der Waals surface area contributed by atoms with Gasteiger partial charge in [-0.15, -0.1) is 0 Å². The third-order valence-electron chi connectivity index (χ3n) is 7.40. The summed E-state index contributed by atoms with van der Waals surface area (Å²) in [5.41, 5.74) is -6.75. The smallest absolute Gasteiger partial charge is 0.459 e. The number of hydrogen-bond acceptors (Lipinski definition) is 10. The van der Waals surface area contributed by atoms with Gasteiger partial charge in [0.2, 0.25) is 0 Å². The zero-order valence-corrected chi connectivity index (χ0v) is 23.6. The van der Waals surface area contributed by atoms with Crippen LogP contribution in [0.4, 0.5) is 4.39 Å². The van der Waals surface area contributed by atoms with Crippen molar-refractivity contribution in [3.05, 3.63) is 63.4 Å². The van der Waals surface area contributed by atoms with Gasteiger partial charge in [0.05, 0.1) is 6.61 Å². The molecule has 226 valence electrons. The summed E-state index contributed by atoms with van der Waals surface area (Å²) in [4.78, 5) is 38.6. The van der Waals surface area contributed by atoms with Crippen molar-refractivity contribution >= 4 is 13.7 Å². The van der Waals surface area contributed by atoms with Gasteiger partial charge in [0.15, 0.2) is 11.8 Å². The number of benzene rings is 1. The highest BCUT2D eigenvalue weighted by molar-refractivity contribution is 7.52. The van der Waals surface area contributed by atoms with Crippen molar-refractivity contribution in [2.24, 2.45) is 0 Å². The van der Waals surface area contributed by atoms with E-state index in [4.69, 9.17) is 18.5 Å². The van der Waals surface area contributed by atoms with Crippen molar-refractivity contribution in [3.63, 3.8) is 0 Å². The Kier molecular flexibility index (Phi) is 9.52. The van der Waals surface area contributed by atoms with Crippen molar-refractivity contribution in [2.45, 2.75) is 81.6 Å². The summed E-state index contributed by atoms with van der Waals surface area (Å²) in [5, 5.41) is 24.8. The van der Waals surface area contributed by atoms with Crippen LogP contribution in [0, 0.1) is 0 Å². The average Bonchev–Trinajstić information content (AvgIpc) is 3.13. The maximum atomic E-state index is 14.3. The van der Waals surface area contributed by atoms with Crippen molar-refractivity contribution in [1.29, 1.82) is 0 Å². The monoisotopic (exact) mass is 599 g/mol. The molecular formula is C26H35FN3O10P. The molecule has 1 saturated heterocycles. The van der Waals surface area contributed by atoms with Gasteiger partial charge in [0.25, 0.3) is 5.56 Å². The maximum Gasteiger partial charge on any atom is 0.459 e. The van der Waals surface area contributed by atoms with Crippen LogP contribution < -0.4 is 20.9 Å². The predicted octanol–water partition coefficient (Wildman–Crippen LogP) is 1.94.